The highest BCUT2D eigenvalue weighted by Crippen LogP contribution is 2.13. The molecule has 4 nitrogen and oxygen atoms in total. The van der Waals surface area contributed by atoms with Crippen LogP contribution in [0.4, 0.5) is 10.1 Å². The number of carbonyl (C=O) groups is 1. The van der Waals surface area contributed by atoms with E-state index in [2.05, 4.69) is 10.3 Å². The Morgan fingerprint density at radius 3 is 3.00 bits per heavy atom. The summed E-state index contributed by atoms with van der Waals surface area (Å²) in [7, 11) is 0. The molecular formula is C11H10FN3OS. The number of aromatic nitrogens is 1. The quantitative estimate of drug-likeness (QED) is 0.876. The number of nitrogens with two attached hydrogens (primary N) is 1. The number of carbonyl (C=O) groups excluding carboxylic acids is 1. The number of anilines is 1. The van der Waals surface area contributed by atoms with Crippen molar-refractivity contribution in [1.82, 2.24) is 4.98 Å². The molecule has 0 aliphatic rings. The Kier molecular flexibility index (Phi) is 3.46. The van der Waals surface area contributed by atoms with Gasteiger partial charge in [-0.15, -0.1) is 11.3 Å². The molecule has 88 valence electrons. The molecule has 0 aliphatic heterocycles. The third-order valence-corrected chi connectivity index (χ3v) is 2.91. The Balaban J connectivity index is 2.11. The first kappa shape index (κ1) is 11.7. The zero-order chi connectivity index (χ0) is 12.3. The van der Waals surface area contributed by atoms with Crippen molar-refractivity contribution in [1.29, 1.82) is 0 Å². The lowest BCUT2D eigenvalue weighted by atomic mass is 10.3. The standard InChI is InChI=1S/C11H10FN3OS/c12-7-2-1-3-8(4-7)14-11(16)9-6-17-10(5-13)15-9/h1-4,6H,5,13H2,(H,14,16). The molecule has 17 heavy (non-hydrogen) atoms. The molecule has 0 atom stereocenters. The Bertz CT molecular complexity index is 541. The first-order chi connectivity index (χ1) is 8.19. The van der Waals surface area contributed by atoms with Gasteiger partial charge in [-0.1, -0.05) is 6.07 Å². The topological polar surface area (TPSA) is 68.0 Å². The van der Waals surface area contributed by atoms with Crippen molar-refractivity contribution >= 4 is 22.9 Å². The summed E-state index contributed by atoms with van der Waals surface area (Å²) in [5.74, 6) is -0.768. The third kappa shape index (κ3) is 2.86. The van der Waals surface area contributed by atoms with Crippen LogP contribution in [0.2, 0.25) is 0 Å². The molecule has 0 aliphatic carbocycles. The first-order valence-electron chi connectivity index (χ1n) is 4.90. The number of halogens is 1. The molecule has 2 rings (SSSR count). The summed E-state index contributed by atoms with van der Waals surface area (Å²) in [5.41, 5.74) is 6.09. The van der Waals surface area contributed by atoms with Gasteiger partial charge < -0.3 is 11.1 Å². The van der Waals surface area contributed by atoms with Gasteiger partial charge in [0.25, 0.3) is 5.91 Å². The first-order valence-corrected chi connectivity index (χ1v) is 5.78. The van der Waals surface area contributed by atoms with Gasteiger partial charge in [0, 0.05) is 17.6 Å². The Labute approximate surface area is 101 Å². The zero-order valence-electron chi connectivity index (χ0n) is 8.81. The molecule has 1 heterocycles. The van der Waals surface area contributed by atoms with E-state index in [-0.39, 0.29) is 5.91 Å². The highest BCUT2D eigenvalue weighted by Gasteiger charge is 2.10. The molecule has 0 saturated heterocycles. The SMILES string of the molecule is NCc1nc(C(=O)Nc2cccc(F)c2)cs1. The van der Waals surface area contributed by atoms with Crippen molar-refractivity contribution in [3.63, 3.8) is 0 Å². The summed E-state index contributed by atoms with van der Waals surface area (Å²) in [4.78, 5) is 15.8. The summed E-state index contributed by atoms with van der Waals surface area (Å²) in [6.45, 7) is 0.303. The van der Waals surface area contributed by atoms with Gasteiger partial charge in [0.15, 0.2) is 0 Å². The summed E-state index contributed by atoms with van der Waals surface area (Å²) < 4.78 is 12.9. The smallest absolute Gasteiger partial charge is 0.275 e. The lowest BCUT2D eigenvalue weighted by molar-refractivity contribution is 0.102. The summed E-state index contributed by atoms with van der Waals surface area (Å²) in [6.07, 6.45) is 0. The number of benzene rings is 1. The van der Waals surface area contributed by atoms with Gasteiger partial charge in [0.2, 0.25) is 0 Å². The minimum Gasteiger partial charge on any atom is -0.325 e. The fourth-order valence-corrected chi connectivity index (χ4v) is 1.92. The van der Waals surface area contributed by atoms with E-state index < -0.39 is 5.82 Å². The lowest BCUT2D eigenvalue weighted by Crippen LogP contribution is -2.12. The van der Waals surface area contributed by atoms with E-state index >= 15 is 0 Å². The van der Waals surface area contributed by atoms with Gasteiger partial charge in [-0.2, -0.15) is 0 Å². The van der Waals surface area contributed by atoms with Crippen LogP contribution in [0.15, 0.2) is 29.6 Å². The molecule has 0 spiro atoms. The number of hydrogen-bond donors (Lipinski definition) is 2. The van der Waals surface area contributed by atoms with Crippen LogP contribution in [0.5, 0.6) is 0 Å². The molecule has 6 heteroatoms. The molecule has 1 aromatic carbocycles. The van der Waals surface area contributed by atoms with Crippen molar-refractivity contribution in [2.24, 2.45) is 5.73 Å². The van der Waals surface area contributed by atoms with E-state index in [1.165, 1.54) is 29.5 Å². The lowest BCUT2D eigenvalue weighted by Gasteiger charge is -2.02. The highest BCUT2D eigenvalue weighted by atomic mass is 32.1. The number of amides is 1. The van der Waals surface area contributed by atoms with E-state index in [9.17, 15) is 9.18 Å². The summed E-state index contributed by atoms with van der Waals surface area (Å²) in [6, 6.07) is 5.69. The molecule has 3 N–H and O–H groups in total. The van der Waals surface area contributed by atoms with Crippen LogP contribution in [0.3, 0.4) is 0 Å². The molecule has 2 aromatic rings. The molecule has 0 saturated carbocycles. The highest BCUT2D eigenvalue weighted by molar-refractivity contribution is 7.09. The monoisotopic (exact) mass is 251 g/mol. The minimum atomic E-state index is -0.399. The van der Waals surface area contributed by atoms with Crippen LogP contribution in [0.1, 0.15) is 15.5 Å². The van der Waals surface area contributed by atoms with Crippen LogP contribution < -0.4 is 11.1 Å². The van der Waals surface area contributed by atoms with Crippen LogP contribution >= 0.6 is 11.3 Å². The second-order valence-corrected chi connectivity index (χ2v) is 4.24. The van der Waals surface area contributed by atoms with Crippen molar-refractivity contribution in [3.8, 4) is 0 Å². The van der Waals surface area contributed by atoms with E-state index in [0.29, 0.717) is 22.9 Å². The average molecular weight is 251 g/mol. The minimum absolute atomic E-state index is 0.291. The average Bonchev–Trinajstić information content (AvgIpc) is 2.77. The second kappa shape index (κ2) is 5.03. The predicted octanol–water partition coefficient (Wildman–Crippen LogP) is 1.99. The molecule has 0 unspecified atom stereocenters. The van der Waals surface area contributed by atoms with Gasteiger partial charge in [-0.25, -0.2) is 9.37 Å². The van der Waals surface area contributed by atoms with Gasteiger partial charge in [-0.3, -0.25) is 4.79 Å². The molecule has 0 bridgehead atoms. The fourth-order valence-electron chi connectivity index (χ4n) is 1.27. The molecule has 1 aromatic heterocycles. The number of nitrogens with zero attached hydrogens (tertiary/aromatic N) is 1. The van der Waals surface area contributed by atoms with E-state index in [1.807, 2.05) is 0 Å². The maximum atomic E-state index is 12.9. The normalized spacial score (nSPS) is 10.2. The third-order valence-electron chi connectivity index (χ3n) is 2.04. The second-order valence-electron chi connectivity index (χ2n) is 3.30. The van der Waals surface area contributed by atoms with Gasteiger partial charge in [0.05, 0.1) is 0 Å². The number of nitrogens with one attached hydrogen (secondary N) is 1. The van der Waals surface area contributed by atoms with Crippen LogP contribution in [0.25, 0.3) is 0 Å². The number of hydrogen-bond acceptors (Lipinski definition) is 4. The molecule has 1 amide bonds. The van der Waals surface area contributed by atoms with Crippen LogP contribution in [-0.4, -0.2) is 10.9 Å². The Morgan fingerprint density at radius 1 is 1.53 bits per heavy atom. The van der Waals surface area contributed by atoms with Crippen molar-refractivity contribution in [2.75, 3.05) is 5.32 Å². The van der Waals surface area contributed by atoms with Gasteiger partial charge in [0.1, 0.15) is 16.5 Å². The van der Waals surface area contributed by atoms with Gasteiger partial charge in [-0.05, 0) is 18.2 Å². The molecule has 0 radical (unpaired) electrons. The Morgan fingerprint density at radius 2 is 2.35 bits per heavy atom. The summed E-state index contributed by atoms with van der Waals surface area (Å²) >= 11 is 1.32. The zero-order valence-corrected chi connectivity index (χ0v) is 9.63. The van der Waals surface area contributed by atoms with Crippen molar-refractivity contribution in [2.45, 2.75) is 6.54 Å². The number of rotatable bonds is 3. The van der Waals surface area contributed by atoms with E-state index in [1.54, 1.807) is 11.4 Å². The largest absolute Gasteiger partial charge is 0.325 e. The van der Waals surface area contributed by atoms with E-state index in [0.717, 1.165) is 0 Å². The molecule has 0 fully saturated rings. The maximum absolute atomic E-state index is 12.9. The maximum Gasteiger partial charge on any atom is 0.275 e. The van der Waals surface area contributed by atoms with Crippen molar-refractivity contribution < 1.29 is 9.18 Å². The van der Waals surface area contributed by atoms with Gasteiger partial charge >= 0.3 is 0 Å². The Hall–Kier alpha value is -1.79. The van der Waals surface area contributed by atoms with Crippen LogP contribution in [-0.2, 0) is 6.54 Å². The predicted molar refractivity (Wildman–Crippen MR) is 64.4 cm³/mol. The van der Waals surface area contributed by atoms with E-state index in [4.69, 9.17) is 5.73 Å². The van der Waals surface area contributed by atoms with Crippen molar-refractivity contribution in [3.05, 3.63) is 46.2 Å². The summed E-state index contributed by atoms with van der Waals surface area (Å²) in [5, 5.41) is 4.87. The molecular weight excluding hydrogens is 241 g/mol. The fraction of sp³-hybridized carbons (Fsp3) is 0.0909. The van der Waals surface area contributed by atoms with Crippen LogP contribution in [0, 0.1) is 5.82 Å². The number of thiazole rings is 1.